The molecule has 230 valence electrons. The van der Waals surface area contributed by atoms with Crippen LogP contribution in [0.3, 0.4) is 0 Å². The number of anilines is 1. The number of hydroxylamine groups is 1. The van der Waals surface area contributed by atoms with E-state index in [0.717, 1.165) is 22.5 Å². The van der Waals surface area contributed by atoms with Crippen LogP contribution in [0.2, 0.25) is 0 Å². The first-order valence-corrected chi connectivity index (χ1v) is 14.6. The molecule has 10 nitrogen and oxygen atoms in total. The number of nitrogens with one attached hydrogen (secondary N) is 1. The molecule has 0 spiro atoms. The Hall–Kier alpha value is -4.17. The van der Waals surface area contributed by atoms with Gasteiger partial charge in [0, 0.05) is 12.4 Å². The van der Waals surface area contributed by atoms with Crippen molar-refractivity contribution >= 4 is 27.6 Å². The zero-order valence-electron chi connectivity index (χ0n) is 23.6. The summed E-state index contributed by atoms with van der Waals surface area (Å²) in [6, 6.07) is 11.2. The van der Waals surface area contributed by atoms with Crippen LogP contribution < -0.4 is 14.5 Å². The van der Waals surface area contributed by atoms with Crippen molar-refractivity contribution in [2.24, 2.45) is 0 Å². The molecular weight excluding hydrogens is 591 g/mol. The Morgan fingerprint density at radius 3 is 2.51 bits per heavy atom. The van der Waals surface area contributed by atoms with E-state index in [4.69, 9.17) is 14.3 Å². The molecule has 1 amide bonds. The number of amides is 1. The highest BCUT2D eigenvalue weighted by atomic mass is 32.2. The number of pyridine rings is 1. The second-order valence-corrected chi connectivity index (χ2v) is 12.6. The van der Waals surface area contributed by atoms with Gasteiger partial charge in [0.2, 0.25) is 5.91 Å². The normalized spacial score (nSPS) is 15.3. The van der Waals surface area contributed by atoms with E-state index in [2.05, 4.69) is 10.5 Å². The number of rotatable bonds is 9. The van der Waals surface area contributed by atoms with E-state index >= 15 is 0 Å². The molecule has 14 heteroatoms. The van der Waals surface area contributed by atoms with E-state index in [-0.39, 0.29) is 30.9 Å². The van der Waals surface area contributed by atoms with Crippen molar-refractivity contribution in [1.29, 1.82) is 0 Å². The van der Waals surface area contributed by atoms with Gasteiger partial charge in [0.25, 0.3) is 10.0 Å². The highest BCUT2D eigenvalue weighted by Gasteiger charge is 2.38. The number of carbonyl (C=O) groups excluding carboxylic acids is 2. The van der Waals surface area contributed by atoms with E-state index in [1.807, 2.05) is 0 Å². The second kappa shape index (κ2) is 12.6. The molecule has 1 aromatic heterocycles. The van der Waals surface area contributed by atoms with Gasteiger partial charge in [-0.05, 0) is 68.3 Å². The maximum Gasteiger partial charge on any atom is 0.416 e. The van der Waals surface area contributed by atoms with E-state index in [0.29, 0.717) is 17.2 Å². The molecule has 2 heterocycles. The van der Waals surface area contributed by atoms with E-state index in [9.17, 15) is 31.2 Å². The number of esters is 1. The summed E-state index contributed by atoms with van der Waals surface area (Å²) in [6.07, 6.45) is -3.18. The highest BCUT2D eigenvalue weighted by Crippen LogP contribution is 2.39. The standard InChI is InChI=1S/C29H30F3N3O7S/c1-28(2,3)42-27(37)13-19-9-10-25-24(12-19)35(43(38,39)23-8-4-7-21(14-23)29(30,31)32)17-22(41-25)15-26(36)34-40-18-20-6-5-11-33-16-20/h4-12,14,16,22H,13,15,17-18H2,1-3H3,(H,34,36)/t22-/m0/s1. The zero-order chi connectivity index (χ0) is 31.4. The second-order valence-electron chi connectivity index (χ2n) is 10.7. The van der Waals surface area contributed by atoms with E-state index < -0.39 is 56.8 Å². The summed E-state index contributed by atoms with van der Waals surface area (Å²) in [5.41, 5.74) is 1.48. The minimum Gasteiger partial charge on any atom is -0.486 e. The van der Waals surface area contributed by atoms with Crippen molar-refractivity contribution < 1.29 is 45.5 Å². The molecule has 2 aromatic carbocycles. The molecule has 0 unspecified atom stereocenters. The van der Waals surface area contributed by atoms with Crippen molar-refractivity contribution in [3.63, 3.8) is 0 Å². The number of hydrogen-bond acceptors (Lipinski definition) is 8. The summed E-state index contributed by atoms with van der Waals surface area (Å²) in [4.78, 5) is 33.6. The Morgan fingerprint density at radius 1 is 1.07 bits per heavy atom. The van der Waals surface area contributed by atoms with Crippen LogP contribution in [0.1, 0.15) is 43.9 Å². The highest BCUT2D eigenvalue weighted by molar-refractivity contribution is 7.92. The van der Waals surface area contributed by atoms with Crippen molar-refractivity contribution in [3.8, 4) is 5.75 Å². The lowest BCUT2D eigenvalue weighted by Gasteiger charge is -2.35. The van der Waals surface area contributed by atoms with E-state index in [1.165, 1.54) is 18.2 Å². The van der Waals surface area contributed by atoms with Crippen molar-refractivity contribution in [2.45, 2.75) is 63.0 Å². The van der Waals surface area contributed by atoms with Crippen LogP contribution in [-0.2, 0) is 48.4 Å². The van der Waals surface area contributed by atoms with Crippen LogP contribution >= 0.6 is 0 Å². The van der Waals surface area contributed by atoms with Gasteiger partial charge in [0.15, 0.2) is 0 Å². The quantitative estimate of drug-likeness (QED) is 0.272. The summed E-state index contributed by atoms with van der Waals surface area (Å²) in [6.45, 7) is 4.74. The fraction of sp³-hybridized carbons (Fsp3) is 0.345. The van der Waals surface area contributed by atoms with Crippen LogP contribution in [0.5, 0.6) is 5.75 Å². The number of sulfonamides is 1. The maximum atomic E-state index is 13.8. The van der Waals surface area contributed by atoms with Crippen LogP contribution in [0.4, 0.5) is 18.9 Å². The average Bonchev–Trinajstić information content (AvgIpc) is 2.92. The summed E-state index contributed by atoms with van der Waals surface area (Å²) < 4.78 is 80.0. The number of alkyl halides is 3. The van der Waals surface area contributed by atoms with Gasteiger partial charge in [0.1, 0.15) is 24.1 Å². The van der Waals surface area contributed by atoms with Gasteiger partial charge < -0.3 is 9.47 Å². The van der Waals surface area contributed by atoms with Crippen LogP contribution in [0.15, 0.2) is 71.9 Å². The van der Waals surface area contributed by atoms with Gasteiger partial charge in [-0.15, -0.1) is 0 Å². The number of ether oxygens (including phenoxy) is 2. The third kappa shape index (κ3) is 8.45. The van der Waals surface area contributed by atoms with Gasteiger partial charge in [0.05, 0.1) is 35.5 Å². The molecule has 1 aliphatic rings. The van der Waals surface area contributed by atoms with Crippen LogP contribution in [0, 0.1) is 0 Å². The summed E-state index contributed by atoms with van der Waals surface area (Å²) in [5.74, 6) is -1.11. The zero-order valence-corrected chi connectivity index (χ0v) is 24.4. The minimum atomic E-state index is -4.77. The molecule has 1 N–H and O–H groups in total. The van der Waals surface area contributed by atoms with Gasteiger partial charge in [-0.2, -0.15) is 13.2 Å². The number of fused-ring (bicyclic) bond motifs is 1. The Kier molecular flexibility index (Phi) is 9.30. The molecule has 1 atom stereocenters. The predicted octanol–water partition coefficient (Wildman–Crippen LogP) is 4.58. The molecule has 0 aliphatic carbocycles. The smallest absolute Gasteiger partial charge is 0.416 e. The molecule has 0 bridgehead atoms. The minimum absolute atomic E-state index is 0.00274. The van der Waals surface area contributed by atoms with Crippen LogP contribution in [0.25, 0.3) is 0 Å². The molecule has 0 saturated carbocycles. The van der Waals surface area contributed by atoms with Crippen molar-refractivity contribution in [2.75, 3.05) is 10.8 Å². The number of halogens is 3. The number of nitrogens with zero attached hydrogens (tertiary/aromatic N) is 2. The summed E-state index contributed by atoms with van der Waals surface area (Å²) in [7, 11) is -4.59. The topological polar surface area (TPSA) is 124 Å². The first-order chi connectivity index (χ1) is 20.1. The Bertz CT molecular complexity index is 1580. The van der Waals surface area contributed by atoms with Gasteiger partial charge in [-0.1, -0.05) is 18.2 Å². The van der Waals surface area contributed by atoms with Crippen molar-refractivity contribution in [3.05, 3.63) is 83.7 Å². The first-order valence-electron chi connectivity index (χ1n) is 13.1. The Labute approximate surface area is 246 Å². The Balaban J connectivity index is 1.60. The third-order valence-electron chi connectivity index (χ3n) is 6.03. The number of benzene rings is 2. The molecule has 0 fully saturated rings. The lowest BCUT2D eigenvalue weighted by Crippen LogP contribution is -2.45. The van der Waals surface area contributed by atoms with Crippen molar-refractivity contribution in [1.82, 2.24) is 10.5 Å². The largest absolute Gasteiger partial charge is 0.486 e. The van der Waals surface area contributed by atoms with Crippen LogP contribution in [-0.4, -0.2) is 43.5 Å². The number of carbonyl (C=O) groups is 2. The fourth-order valence-corrected chi connectivity index (χ4v) is 5.78. The molecular formula is C29H30F3N3O7S. The summed E-state index contributed by atoms with van der Waals surface area (Å²) >= 11 is 0. The van der Waals surface area contributed by atoms with Gasteiger partial charge in [-0.3, -0.25) is 23.7 Å². The maximum absolute atomic E-state index is 13.8. The molecule has 43 heavy (non-hydrogen) atoms. The molecule has 1 aliphatic heterocycles. The molecule has 0 saturated heterocycles. The van der Waals surface area contributed by atoms with Gasteiger partial charge >= 0.3 is 12.1 Å². The van der Waals surface area contributed by atoms with Gasteiger partial charge in [-0.25, -0.2) is 13.9 Å². The molecule has 4 rings (SSSR count). The number of aromatic nitrogens is 1. The average molecular weight is 622 g/mol. The lowest BCUT2D eigenvalue weighted by molar-refractivity contribution is -0.154. The Morgan fingerprint density at radius 2 is 1.84 bits per heavy atom. The fourth-order valence-electron chi connectivity index (χ4n) is 4.24. The monoisotopic (exact) mass is 621 g/mol. The third-order valence-corrected chi connectivity index (χ3v) is 7.81. The number of hydrogen-bond donors (Lipinski definition) is 1. The lowest BCUT2D eigenvalue weighted by atomic mass is 10.1. The summed E-state index contributed by atoms with van der Waals surface area (Å²) in [5, 5.41) is 0. The molecule has 0 radical (unpaired) electrons. The molecule has 3 aromatic rings. The van der Waals surface area contributed by atoms with E-state index in [1.54, 1.807) is 45.3 Å². The first kappa shape index (κ1) is 31.8. The predicted molar refractivity (Wildman–Crippen MR) is 148 cm³/mol. The SMILES string of the molecule is CC(C)(C)OC(=O)Cc1ccc2c(c1)N(S(=O)(=O)c1cccc(C(F)(F)F)c1)C[C@H](CC(=O)NOCc1cccnc1)O2.